The Kier molecular flexibility index (Phi) is 2.70. The van der Waals surface area contributed by atoms with Crippen molar-refractivity contribution in [2.24, 2.45) is 7.05 Å². The number of carbonyl (C=O) groups excluding carboxylic acids is 1. The third-order valence-corrected chi connectivity index (χ3v) is 1.45. The summed E-state index contributed by atoms with van der Waals surface area (Å²) in [5.41, 5.74) is 0.660. The molecule has 0 aromatic carbocycles. The zero-order valence-electron chi connectivity index (χ0n) is 7.57. The molecule has 0 aliphatic heterocycles. The van der Waals surface area contributed by atoms with Crippen LogP contribution in [-0.4, -0.2) is 22.4 Å². The fraction of sp³-hybridized carbons (Fsp3) is 0.333. The number of esters is 1. The van der Waals surface area contributed by atoms with E-state index >= 15 is 0 Å². The second kappa shape index (κ2) is 3.76. The predicted molar refractivity (Wildman–Crippen MR) is 47.1 cm³/mol. The van der Waals surface area contributed by atoms with Gasteiger partial charge in [0.05, 0.1) is 12.2 Å². The first-order chi connectivity index (χ1) is 6.19. The van der Waals surface area contributed by atoms with E-state index in [9.17, 15) is 4.79 Å². The molecule has 13 heavy (non-hydrogen) atoms. The highest BCUT2D eigenvalue weighted by Crippen LogP contribution is 2.05. The largest absolute Gasteiger partial charge is 0.461 e. The molecule has 0 radical (unpaired) electrons. The molecule has 1 aromatic heterocycles. The van der Waals surface area contributed by atoms with Crippen molar-refractivity contribution in [3.8, 4) is 12.3 Å². The van der Waals surface area contributed by atoms with Crippen LogP contribution in [0.3, 0.4) is 0 Å². The monoisotopic (exact) mass is 178 g/mol. The summed E-state index contributed by atoms with van der Waals surface area (Å²) in [5, 5.41) is 3.90. The molecule has 0 amide bonds. The fourth-order valence-electron chi connectivity index (χ4n) is 0.944. The Bertz CT molecular complexity index is 360. The van der Waals surface area contributed by atoms with Crippen molar-refractivity contribution < 1.29 is 9.53 Å². The van der Waals surface area contributed by atoms with Crippen molar-refractivity contribution in [2.75, 3.05) is 6.61 Å². The number of aromatic nitrogens is 2. The van der Waals surface area contributed by atoms with Crippen molar-refractivity contribution in [1.82, 2.24) is 9.78 Å². The second-order valence-corrected chi connectivity index (χ2v) is 2.43. The Morgan fingerprint density at radius 3 is 3.08 bits per heavy atom. The van der Waals surface area contributed by atoms with E-state index in [1.54, 1.807) is 20.2 Å². The minimum Gasteiger partial charge on any atom is -0.461 e. The van der Waals surface area contributed by atoms with Gasteiger partial charge in [0.2, 0.25) is 0 Å². The van der Waals surface area contributed by atoms with E-state index in [2.05, 4.69) is 11.0 Å². The molecule has 0 unspecified atom stereocenters. The maximum absolute atomic E-state index is 11.2. The van der Waals surface area contributed by atoms with Gasteiger partial charge in [-0.15, -0.1) is 6.42 Å². The molecule has 0 bridgehead atoms. The maximum Gasteiger partial charge on any atom is 0.360 e. The lowest BCUT2D eigenvalue weighted by Gasteiger charge is -1.97. The van der Waals surface area contributed by atoms with Crippen LogP contribution in [0.5, 0.6) is 0 Å². The highest BCUT2D eigenvalue weighted by atomic mass is 16.5. The van der Waals surface area contributed by atoms with Crippen molar-refractivity contribution in [2.45, 2.75) is 6.92 Å². The topological polar surface area (TPSA) is 44.1 Å². The Morgan fingerprint density at radius 2 is 2.54 bits per heavy atom. The van der Waals surface area contributed by atoms with Gasteiger partial charge in [-0.1, -0.05) is 5.92 Å². The van der Waals surface area contributed by atoms with Gasteiger partial charge < -0.3 is 4.74 Å². The molecule has 0 aliphatic rings. The number of ether oxygens (including phenoxy) is 1. The van der Waals surface area contributed by atoms with Gasteiger partial charge in [0.1, 0.15) is 0 Å². The van der Waals surface area contributed by atoms with Crippen molar-refractivity contribution in [3.63, 3.8) is 0 Å². The van der Waals surface area contributed by atoms with Crippen LogP contribution in [0.2, 0.25) is 0 Å². The second-order valence-electron chi connectivity index (χ2n) is 2.43. The average Bonchev–Trinajstić information content (AvgIpc) is 2.47. The summed E-state index contributed by atoms with van der Waals surface area (Å²) in [6.07, 6.45) is 6.79. The van der Waals surface area contributed by atoms with Gasteiger partial charge in [0.15, 0.2) is 5.69 Å². The van der Waals surface area contributed by atoms with Crippen LogP contribution in [0.4, 0.5) is 0 Å². The molecule has 0 atom stereocenters. The molecular formula is C9H10N2O2. The number of terminal acetylenes is 1. The van der Waals surface area contributed by atoms with Gasteiger partial charge in [0, 0.05) is 13.2 Å². The SMILES string of the molecule is C#Cc1cn(C)nc1C(=O)OCC. The minimum absolute atomic E-state index is 0.201. The van der Waals surface area contributed by atoms with Gasteiger partial charge in [-0.25, -0.2) is 4.79 Å². The summed E-state index contributed by atoms with van der Waals surface area (Å²) >= 11 is 0. The molecule has 0 spiro atoms. The highest BCUT2D eigenvalue weighted by molar-refractivity contribution is 5.90. The standard InChI is InChI=1S/C9H10N2O2/c1-4-7-6-11(3)10-8(7)9(12)13-5-2/h1,6H,5H2,2-3H3. The number of rotatable bonds is 2. The van der Waals surface area contributed by atoms with Gasteiger partial charge in [-0.05, 0) is 6.92 Å². The van der Waals surface area contributed by atoms with E-state index in [1.807, 2.05) is 0 Å². The Labute approximate surface area is 76.5 Å². The third kappa shape index (κ3) is 1.88. The van der Waals surface area contributed by atoms with Gasteiger partial charge in [0.25, 0.3) is 0 Å². The molecule has 1 rings (SSSR count). The number of hydrogen-bond donors (Lipinski definition) is 0. The summed E-state index contributed by atoms with van der Waals surface area (Å²) in [6.45, 7) is 2.05. The van der Waals surface area contributed by atoms with E-state index in [0.29, 0.717) is 12.2 Å². The summed E-state index contributed by atoms with van der Waals surface area (Å²) in [6, 6.07) is 0. The van der Waals surface area contributed by atoms with E-state index < -0.39 is 5.97 Å². The molecule has 1 heterocycles. The average molecular weight is 178 g/mol. The first-order valence-corrected chi connectivity index (χ1v) is 3.86. The Balaban J connectivity index is 3.00. The zero-order valence-corrected chi connectivity index (χ0v) is 7.57. The lowest BCUT2D eigenvalue weighted by Crippen LogP contribution is -2.07. The molecular weight excluding hydrogens is 168 g/mol. The van der Waals surface area contributed by atoms with Crippen LogP contribution in [-0.2, 0) is 11.8 Å². The van der Waals surface area contributed by atoms with E-state index in [4.69, 9.17) is 11.2 Å². The van der Waals surface area contributed by atoms with Gasteiger partial charge in [-0.3, -0.25) is 4.68 Å². The Morgan fingerprint density at radius 1 is 1.85 bits per heavy atom. The van der Waals surface area contributed by atoms with Gasteiger partial charge in [-0.2, -0.15) is 5.10 Å². The molecule has 0 N–H and O–H groups in total. The van der Waals surface area contributed by atoms with E-state index in [-0.39, 0.29) is 5.69 Å². The summed E-state index contributed by atoms with van der Waals surface area (Å²) < 4.78 is 6.26. The molecule has 68 valence electrons. The molecule has 0 saturated carbocycles. The summed E-state index contributed by atoms with van der Waals surface area (Å²) in [4.78, 5) is 11.2. The van der Waals surface area contributed by atoms with Crippen LogP contribution >= 0.6 is 0 Å². The molecule has 0 saturated heterocycles. The van der Waals surface area contributed by atoms with Gasteiger partial charge >= 0.3 is 5.97 Å². The zero-order chi connectivity index (χ0) is 9.84. The van der Waals surface area contributed by atoms with Crippen molar-refractivity contribution in [1.29, 1.82) is 0 Å². The number of hydrogen-bond acceptors (Lipinski definition) is 3. The molecule has 0 aliphatic carbocycles. The fourth-order valence-corrected chi connectivity index (χ4v) is 0.944. The van der Waals surface area contributed by atoms with Crippen LogP contribution in [0, 0.1) is 12.3 Å². The normalized spacial score (nSPS) is 9.31. The number of aryl methyl sites for hydroxylation is 1. The van der Waals surface area contributed by atoms with Crippen LogP contribution < -0.4 is 0 Å². The smallest absolute Gasteiger partial charge is 0.360 e. The first kappa shape index (κ1) is 9.33. The van der Waals surface area contributed by atoms with Crippen molar-refractivity contribution >= 4 is 5.97 Å². The quantitative estimate of drug-likeness (QED) is 0.491. The first-order valence-electron chi connectivity index (χ1n) is 3.86. The summed E-state index contributed by atoms with van der Waals surface area (Å²) in [7, 11) is 1.70. The summed E-state index contributed by atoms with van der Waals surface area (Å²) in [5.74, 6) is 1.90. The number of carbonyl (C=O) groups is 1. The van der Waals surface area contributed by atoms with E-state index in [0.717, 1.165) is 0 Å². The van der Waals surface area contributed by atoms with Crippen LogP contribution in [0.1, 0.15) is 23.0 Å². The molecule has 4 heteroatoms. The van der Waals surface area contributed by atoms with Crippen LogP contribution in [0.25, 0.3) is 0 Å². The predicted octanol–water partition coefficient (Wildman–Crippen LogP) is 0.578. The maximum atomic E-state index is 11.2. The number of nitrogens with zero attached hydrogens (tertiary/aromatic N) is 2. The van der Waals surface area contributed by atoms with Crippen LogP contribution in [0.15, 0.2) is 6.20 Å². The molecule has 4 nitrogen and oxygen atoms in total. The van der Waals surface area contributed by atoms with Crippen molar-refractivity contribution in [3.05, 3.63) is 17.5 Å². The minimum atomic E-state index is -0.476. The lowest BCUT2D eigenvalue weighted by molar-refractivity contribution is 0.0518. The third-order valence-electron chi connectivity index (χ3n) is 1.45. The lowest BCUT2D eigenvalue weighted by atomic mass is 10.2. The van der Waals surface area contributed by atoms with E-state index in [1.165, 1.54) is 4.68 Å². The molecule has 0 fully saturated rings. The highest BCUT2D eigenvalue weighted by Gasteiger charge is 2.15. The molecule has 1 aromatic rings. The Hall–Kier alpha value is -1.76.